The predicted octanol–water partition coefficient (Wildman–Crippen LogP) is 4.00. The first-order valence-electron chi connectivity index (χ1n) is 16.2. The Morgan fingerprint density at radius 3 is 1.35 bits per heavy atom. The van der Waals surface area contributed by atoms with Crippen LogP contribution >= 0.6 is 0 Å². The lowest BCUT2D eigenvalue weighted by atomic mass is 9.72. The minimum atomic E-state index is -0.523. The summed E-state index contributed by atoms with van der Waals surface area (Å²) in [5, 5.41) is 0. The van der Waals surface area contributed by atoms with Crippen LogP contribution in [0.3, 0.4) is 0 Å². The largest absolute Gasteiger partial charge is 0.465 e. The van der Waals surface area contributed by atoms with Gasteiger partial charge >= 0.3 is 11.9 Å². The lowest BCUT2D eigenvalue weighted by Gasteiger charge is -2.53. The molecule has 0 aromatic carbocycles. The summed E-state index contributed by atoms with van der Waals surface area (Å²) in [6.45, 7) is 19.5. The second kappa shape index (κ2) is 13.2. The fraction of sp³-hybridized carbons (Fsp3) is 0.788. The Kier molecular flexibility index (Phi) is 10.3. The van der Waals surface area contributed by atoms with E-state index in [1.807, 2.05) is 4.90 Å². The number of piperidine rings is 2. The lowest BCUT2D eigenvalue weighted by Crippen LogP contribution is -2.60. The zero-order valence-corrected chi connectivity index (χ0v) is 29.9. The summed E-state index contributed by atoms with van der Waals surface area (Å²) in [7, 11) is 6.94. The van der Waals surface area contributed by atoms with Crippen molar-refractivity contribution in [3.8, 4) is 0 Å². The number of nitrogens with zero attached hydrogens (tertiary/aromatic N) is 8. The summed E-state index contributed by atoms with van der Waals surface area (Å²) in [5.74, 6) is -0.998. The molecule has 0 N–H and O–H groups in total. The molecule has 0 saturated carbocycles. The molecule has 0 unspecified atom stereocenters. The average molecular weight is 643 g/mol. The van der Waals surface area contributed by atoms with Gasteiger partial charge in [-0.05, 0) is 95.2 Å². The lowest BCUT2D eigenvalue weighted by molar-refractivity contribution is -0.134. The van der Waals surface area contributed by atoms with E-state index >= 15 is 0 Å². The van der Waals surface area contributed by atoms with Gasteiger partial charge in [0.05, 0.1) is 27.4 Å². The molecule has 13 heteroatoms. The molecule has 0 aliphatic carbocycles. The third kappa shape index (κ3) is 7.57. The number of morpholine rings is 1. The second-order valence-electron chi connectivity index (χ2n) is 15.4. The molecule has 3 fully saturated rings. The maximum Gasteiger partial charge on any atom is 0.352 e. The van der Waals surface area contributed by atoms with Crippen molar-refractivity contribution in [2.45, 2.75) is 103 Å². The maximum atomic E-state index is 13.3. The number of carbonyl (C=O) groups excluding carboxylic acids is 2. The van der Waals surface area contributed by atoms with E-state index in [0.717, 1.165) is 0 Å². The SMILES string of the molecule is COC(=O)/C(=N\c1nc(/N=C(\C(=O)OC)C2CC(C)(C)N(C)C(C)(C)C2)nc(N2CCOCC2)n1)C1CC(C)(C)N(C)C(C)(C)C1. The Balaban J connectivity index is 1.86. The van der Waals surface area contributed by atoms with Crippen LogP contribution in [-0.4, -0.2) is 125 Å². The van der Waals surface area contributed by atoms with E-state index < -0.39 is 11.9 Å². The first-order chi connectivity index (χ1) is 21.3. The Morgan fingerprint density at radius 2 is 1.02 bits per heavy atom. The van der Waals surface area contributed by atoms with E-state index in [1.54, 1.807) is 0 Å². The van der Waals surface area contributed by atoms with Crippen LogP contribution in [0.15, 0.2) is 9.98 Å². The number of esters is 2. The maximum absolute atomic E-state index is 13.3. The van der Waals surface area contributed by atoms with Crippen LogP contribution in [0.1, 0.15) is 81.1 Å². The summed E-state index contributed by atoms with van der Waals surface area (Å²) >= 11 is 0. The summed E-state index contributed by atoms with van der Waals surface area (Å²) < 4.78 is 16.0. The van der Waals surface area contributed by atoms with Crippen molar-refractivity contribution < 1.29 is 23.8 Å². The van der Waals surface area contributed by atoms with E-state index in [-0.39, 0.29) is 57.3 Å². The Labute approximate surface area is 274 Å². The number of hydrogen-bond donors (Lipinski definition) is 0. The minimum absolute atomic E-state index is 0.0402. The molecule has 0 radical (unpaired) electrons. The van der Waals surface area contributed by atoms with Crippen LogP contribution in [0.5, 0.6) is 0 Å². The highest BCUT2D eigenvalue weighted by Gasteiger charge is 2.47. The molecule has 0 bridgehead atoms. The first kappa shape index (κ1) is 35.8. The van der Waals surface area contributed by atoms with Gasteiger partial charge in [-0.2, -0.15) is 15.0 Å². The molecule has 0 atom stereocenters. The molecule has 4 rings (SSSR count). The van der Waals surface area contributed by atoms with Crippen LogP contribution in [0.2, 0.25) is 0 Å². The zero-order chi connectivity index (χ0) is 34.2. The molecule has 0 amide bonds. The predicted molar refractivity (Wildman–Crippen MR) is 178 cm³/mol. The molecule has 13 nitrogen and oxygen atoms in total. The van der Waals surface area contributed by atoms with Crippen LogP contribution in [0.25, 0.3) is 0 Å². The van der Waals surface area contributed by atoms with Crippen molar-refractivity contribution in [1.82, 2.24) is 24.8 Å². The smallest absolute Gasteiger partial charge is 0.352 e. The fourth-order valence-electron chi connectivity index (χ4n) is 7.51. The normalized spacial score (nSPS) is 24.5. The number of hydrogen-bond acceptors (Lipinski definition) is 13. The zero-order valence-electron chi connectivity index (χ0n) is 29.9. The van der Waals surface area contributed by atoms with E-state index in [0.29, 0.717) is 57.9 Å². The molecule has 256 valence electrons. The number of carbonyl (C=O) groups is 2. The highest BCUT2D eigenvalue weighted by Crippen LogP contribution is 2.42. The van der Waals surface area contributed by atoms with E-state index in [4.69, 9.17) is 24.2 Å². The number of aromatic nitrogens is 3. The van der Waals surface area contributed by atoms with E-state index in [2.05, 4.69) is 94.2 Å². The number of likely N-dealkylation sites (tertiary alicyclic amines) is 2. The van der Waals surface area contributed by atoms with Crippen molar-refractivity contribution in [2.24, 2.45) is 21.8 Å². The second-order valence-corrected chi connectivity index (χ2v) is 15.4. The van der Waals surface area contributed by atoms with Gasteiger partial charge in [-0.3, -0.25) is 9.80 Å². The third-order valence-electron chi connectivity index (χ3n) is 10.5. The quantitative estimate of drug-likeness (QED) is 0.316. The van der Waals surface area contributed by atoms with Gasteiger partial charge in [0.1, 0.15) is 11.4 Å². The van der Waals surface area contributed by atoms with Gasteiger partial charge in [0.2, 0.25) is 5.95 Å². The molecule has 4 heterocycles. The van der Waals surface area contributed by atoms with Gasteiger partial charge in [0.25, 0.3) is 11.9 Å². The molecule has 3 aliphatic heterocycles. The fourth-order valence-corrected chi connectivity index (χ4v) is 7.51. The first-order valence-corrected chi connectivity index (χ1v) is 16.2. The molecule has 1 aromatic rings. The van der Waals surface area contributed by atoms with Crippen LogP contribution in [-0.2, 0) is 23.8 Å². The monoisotopic (exact) mass is 642 g/mol. The summed E-state index contributed by atoms with van der Waals surface area (Å²) in [5.41, 5.74) is -0.255. The highest BCUT2D eigenvalue weighted by molar-refractivity contribution is 6.38. The number of anilines is 1. The van der Waals surface area contributed by atoms with Gasteiger partial charge in [-0.15, -0.1) is 0 Å². The minimum Gasteiger partial charge on any atom is -0.465 e. The van der Waals surface area contributed by atoms with Gasteiger partial charge < -0.3 is 19.1 Å². The van der Waals surface area contributed by atoms with Gasteiger partial charge in [0.15, 0.2) is 0 Å². The topological polar surface area (TPSA) is 135 Å². The number of methoxy groups -OCH3 is 2. The molecule has 0 spiro atoms. The summed E-state index contributed by atoms with van der Waals surface area (Å²) in [6.07, 6.45) is 2.78. The van der Waals surface area contributed by atoms with Gasteiger partial charge in [0, 0.05) is 47.1 Å². The van der Waals surface area contributed by atoms with E-state index in [1.165, 1.54) is 14.2 Å². The van der Waals surface area contributed by atoms with E-state index in [9.17, 15) is 9.59 Å². The number of ether oxygens (including phenoxy) is 3. The van der Waals surface area contributed by atoms with Crippen molar-refractivity contribution in [3.05, 3.63) is 0 Å². The summed E-state index contributed by atoms with van der Waals surface area (Å²) in [6, 6.07) is 0. The van der Waals surface area contributed by atoms with Crippen molar-refractivity contribution in [3.63, 3.8) is 0 Å². The van der Waals surface area contributed by atoms with Gasteiger partial charge in [-0.1, -0.05) is 0 Å². The highest BCUT2D eigenvalue weighted by atomic mass is 16.5. The van der Waals surface area contributed by atoms with Crippen molar-refractivity contribution in [1.29, 1.82) is 0 Å². The van der Waals surface area contributed by atoms with Crippen molar-refractivity contribution in [2.75, 3.05) is 59.5 Å². The van der Waals surface area contributed by atoms with Crippen LogP contribution < -0.4 is 4.90 Å². The van der Waals surface area contributed by atoms with Crippen molar-refractivity contribution >= 4 is 41.2 Å². The summed E-state index contributed by atoms with van der Waals surface area (Å²) in [4.78, 5) is 56.8. The molecule has 3 aliphatic rings. The van der Waals surface area contributed by atoms with Crippen LogP contribution in [0, 0.1) is 11.8 Å². The standard InChI is InChI=1S/C33H54N8O5/c1-30(2)17-21(18-31(3,4)39(30)9)23(25(42)44-11)34-27-36-28(38-29(37-27)41-13-15-46-16-14-41)35-24(26(43)45-12)22-19-32(5,6)40(10)33(7,8)20-22/h21-22H,13-20H2,1-12H3/b34-23-,35-24-. The Bertz CT molecular complexity index is 1240. The molecule has 3 saturated heterocycles. The number of aliphatic imine (C=N–C) groups is 2. The third-order valence-corrected chi connectivity index (χ3v) is 10.5. The average Bonchev–Trinajstić information content (AvgIpc) is 2.99. The van der Waals surface area contributed by atoms with Gasteiger partial charge in [-0.25, -0.2) is 19.6 Å². The molecular formula is C33H54N8O5. The molecule has 46 heavy (non-hydrogen) atoms. The van der Waals surface area contributed by atoms with Crippen LogP contribution in [0.4, 0.5) is 17.8 Å². The Morgan fingerprint density at radius 1 is 0.674 bits per heavy atom. The Hall–Kier alpha value is -3.03. The number of rotatable bonds is 7. The molecule has 1 aromatic heterocycles. The molecular weight excluding hydrogens is 588 g/mol.